The molecule has 0 spiro atoms. The molecule has 0 aliphatic rings. The highest BCUT2D eigenvalue weighted by molar-refractivity contribution is 5.72. The molecular weight excluding hydrogens is 236 g/mol. The fourth-order valence-corrected chi connectivity index (χ4v) is 2.61. The molecule has 3 nitrogen and oxygen atoms in total. The molecule has 0 amide bonds. The van der Waals surface area contributed by atoms with Gasteiger partial charge in [-0.3, -0.25) is 0 Å². The molecule has 1 aromatic carbocycles. The highest BCUT2D eigenvalue weighted by atomic mass is 16.0. The van der Waals surface area contributed by atoms with E-state index >= 15 is 0 Å². The number of aromatic nitrogens is 2. The van der Waals surface area contributed by atoms with Gasteiger partial charge in [0.15, 0.2) is 11.0 Å². The third-order valence-electron chi connectivity index (χ3n) is 3.72. The Kier molecular flexibility index (Phi) is 6.03. The molecule has 1 heterocycles. The van der Waals surface area contributed by atoms with Crippen LogP contribution in [0.25, 0.3) is 11.0 Å². The Morgan fingerprint density at radius 1 is 1.05 bits per heavy atom. The lowest BCUT2D eigenvalue weighted by atomic mass is 10.3. The average Bonchev–Trinajstić information content (AvgIpc) is 2.66. The maximum atomic E-state index is 2.48. The Hall–Kier alpha value is -1.35. The Balaban J connectivity index is 0.00000180. The Bertz CT molecular complexity index is 472. The first kappa shape index (κ1) is 15.7. The topological polar surface area (TPSA) is 38.8 Å². The third kappa shape index (κ3) is 3.16. The number of hydrogen-bond donors (Lipinski definition) is 0. The normalized spacial score (nSPS) is 10.7. The summed E-state index contributed by atoms with van der Waals surface area (Å²) in [5.41, 5.74) is 2.78. The van der Waals surface area contributed by atoms with Crippen molar-refractivity contribution < 1.29 is 10.0 Å². The van der Waals surface area contributed by atoms with Crippen LogP contribution in [-0.2, 0) is 13.1 Å². The minimum atomic E-state index is 0. The number of benzene rings is 1. The Morgan fingerprint density at radius 2 is 1.74 bits per heavy atom. The van der Waals surface area contributed by atoms with Crippen molar-refractivity contribution in [1.29, 1.82) is 0 Å². The molecule has 0 saturated carbocycles. The number of fused-ring (bicyclic) bond motifs is 1. The van der Waals surface area contributed by atoms with Gasteiger partial charge in [0.25, 0.3) is 5.82 Å². The van der Waals surface area contributed by atoms with Crippen molar-refractivity contribution in [2.45, 2.75) is 59.5 Å². The molecule has 0 radical (unpaired) electrons. The monoisotopic (exact) mass is 262 g/mol. The Labute approximate surface area is 116 Å². The van der Waals surface area contributed by atoms with Crippen LogP contribution >= 0.6 is 0 Å². The van der Waals surface area contributed by atoms with E-state index in [9.17, 15) is 0 Å². The summed E-state index contributed by atoms with van der Waals surface area (Å²) in [6, 6.07) is 8.80. The first-order valence-electron chi connectivity index (χ1n) is 7.27. The molecule has 0 aliphatic heterocycles. The summed E-state index contributed by atoms with van der Waals surface area (Å²) in [5.74, 6) is 1.40. The SMILES string of the molecule is CCCCn1c(C)[n+](CCCC)c2ccccc21.[OH-]. The number of imidazole rings is 1. The lowest BCUT2D eigenvalue weighted by Gasteiger charge is -2.00. The highest BCUT2D eigenvalue weighted by Crippen LogP contribution is 2.15. The van der Waals surface area contributed by atoms with Crippen LogP contribution in [0.3, 0.4) is 0 Å². The summed E-state index contributed by atoms with van der Waals surface area (Å²) in [6.45, 7) is 9.05. The molecular formula is C16H26N2O. The summed E-state index contributed by atoms with van der Waals surface area (Å²) >= 11 is 0. The van der Waals surface area contributed by atoms with E-state index in [0.29, 0.717) is 0 Å². The average molecular weight is 262 g/mol. The van der Waals surface area contributed by atoms with Crippen LogP contribution in [0.5, 0.6) is 0 Å². The maximum Gasteiger partial charge on any atom is 0.254 e. The summed E-state index contributed by atoms with van der Waals surface area (Å²) in [6.07, 6.45) is 5.02. The van der Waals surface area contributed by atoms with Crippen molar-refractivity contribution in [2.75, 3.05) is 0 Å². The van der Waals surface area contributed by atoms with E-state index in [4.69, 9.17) is 0 Å². The van der Waals surface area contributed by atoms with Crippen molar-refractivity contribution in [1.82, 2.24) is 4.57 Å². The fraction of sp³-hybridized carbons (Fsp3) is 0.562. The van der Waals surface area contributed by atoms with Crippen molar-refractivity contribution in [2.24, 2.45) is 0 Å². The molecule has 0 unspecified atom stereocenters. The van der Waals surface area contributed by atoms with E-state index in [1.807, 2.05) is 0 Å². The predicted molar refractivity (Wildman–Crippen MR) is 78.6 cm³/mol. The zero-order valence-electron chi connectivity index (χ0n) is 12.4. The second-order valence-corrected chi connectivity index (χ2v) is 5.05. The van der Waals surface area contributed by atoms with E-state index < -0.39 is 0 Å². The van der Waals surface area contributed by atoms with Gasteiger partial charge in [-0.05, 0) is 25.0 Å². The van der Waals surface area contributed by atoms with E-state index in [0.717, 1.165) is 13.1 Å². The lowest BCUT2D eigenvalue weighted by molar-refractivity contribution is -0.678. The van der Waals surface area contributed by atoms with E-state index in [-0.39, 0.29) is 5.48 Å². The highest BCUT2D eigenvalue weighted by Gasteiger charge is 2.19. The van der Waals surface area contributed by atoms with Gasteiger partial charge >= 0.3 is 0 Å². The summed E-state index contributed by atoms with van der Waals surface area (Å²) in [5, 5.41) is 0. The largest absolute Gasteiger partial charge is 0.870 e. The molecule has 1 aromatic heterocycles. The van der Waals surface area contributed by atoms with E-state index in [2.05, 4.69) is 54.2 Å². The van der Waals surface area contributed by atoms with Gasteiger partial charge in [-0.15, -0.1) is 0 Å². The summed E-state index contributed by atoms with van der Waals surface area (Å²) in [7, 11) is 0. The minimum absolute atomic E-state index is 0. The molecule has 0 atom stereocenters. The second kappa shape index (κ2) is 7.29. The second-order valence-electron chi connectivity index (χ2n) is 5.05. The van der Waals surface area contributed by atoms with Crippen LogP contribution in [0.2, 0.25) is 0 Å². The molecule has 0 saturated heterocycles. The van der Waals surface area contributed by atoms with Crippen LogP contribution < -0.4 is 4.57 Å². The first-order chi connectivity index (χ1) is 8.79. The number of nitrogens with zero attached hydrogens (tertiary/aromatic N) is 2. The summed E-state index contributed by atoms with van der Waals surface area (Å²) in [4.78, 5) is 0. The van der Waals surface area contributed by atoms with Crippen molar-refractivity contribution >= 4 is 11.0 Å². The number of aryl methyl sites for hydroxylation is 2. The predicted octanol–water partition coefficient (Wildman–Crippen LogP) is 3.66. The van der Waals surface area contributed by atoms with Gasteiger partial charge in [-0.1, -0.05) is 38.8 Å². The van der Waals surface area contributed by atoms with Crippen LogP contribution in [0.4, 0.5) is 0 Å². The lowest BCUT2D eigenvalue weighted by Crippen LogP contribution is -2.36. The quantitative estimate of drug-likeness (QED) is 0.732. The number of hydrogen-bond acceptors (Lipinski definition) is 1. The zero-order chi connectivity index (χ0) is 13.0. The van der Waals surface area contributed by atoms with Crippen LogP contribution in [0, 0.1) is 6.92 Å². The fourth-order valence-electron chi connectivity index (χ4n) is 2.61. The van der Waals surface area contributed by atoms with Crippen LogP contribution in [-0.4, -0.2) is 10.0 Å². The molecule has 3 heteroatoms. The van der Waals surface area contributed by atoms with Gasteiger partial charge in [-0.25, -0.2) is 9.13 Å². The van der Waals surface area contributed by atoms with Crippen molar-refractivity contribution in [3.63, 3.8) is 0 Å². The first-order valence-corrected chi connectivity index (χ1v) is 7.27. The van der Waals surface area contributed by atoms with Crippen LogP contribution in [0.1, 0.15) is 45.4 Å². The van der Waals surface area contributed by atoms with Gasteiger partial charge in [0.2, 0.25) is 0 Å². The van der Waals surface area contributed by atoms with Crippen molar-refractivity contribution in [3.05, 3.63) is 30.1 Å². The summed E-state index contributed by atoms with van der Waals surface area (Å²) < 4.78 is 4.96. The van der Waals surface area contributed by atoms with Crippen molar-refractivity contribution in [3.8, 4) is 0 Å². The molecule has 0 bridgehead atoms. The third-order valence-corrected chi connectivity index (χ3v) is 3.72. The minimum Gasteiger partial charge on any atom is -0.870 e. The van der Waals surface area contributed by atoms with Gasteiger partial charge in [-0.2, -0.15) is 0 Å². The van der Waals surface area contributed by atoms with Gasteiger partial charge in [0, 0.05) is 6.92 Å². The Morgan fingerprint density at radius 3 is 2.42 bits per heavy atom. The smallest absolute Gasteiger partial charge is 0.254 e. The number of unbranched alkanes of at least 4 members (excludes halogenated alkanes) is 2. The van der Waals surface area contributed by atoms with Gasteiger partial charge in [0.1, 0.15) is 0 Å². The molecule has 2 rings (SSSR count). The molecule has 0 fully saturated rings. The molecule has 19 heavy (non-hydrogen) atoms. The zero-order valence-corrected chi connectivity index (χ0v) is 12.4. The number of rotatable bonds is 6. The molecule has 1 N–H and O–H groups in total. The molecule has 2 aromatic rings. The van der Waals surface area contributed by atoms with E-state index in [1.54, 1.807) is 0 Å². The van der Waals surface area contributed by atoms with E-state index in [1.165, 1.54) is 42.5 Å². The van der Waals surface area contributed by atoms with Crippen LogP contribution in [0.15, 0.2) is 24.3 Å². The van der Waals surface area contributed by atoms with Gasteiger partial charge in [0.05, 0.1) is 13.1 Å². The molecule has 0 aliphatic carbocycles. The maximum absolute atomic E-state index is 2.48. The molecule has 106 valence electrons. The number of para-hydroxylation sites is 2. The standard InChI is InChI=1S/C16H25N2.H2O/c1-4-6-12-17-14(3)18(13-7-5-2)16-11-9-8-10-15(16)17;/h8-11H,4-7,12-13H2,1-3H3;1H2/q+1;/p-1. The van der Waals surface area contributed by atoms with Gasteiger partial charge < -0.3 is 5.48 Å².